The van der Waals surface area contributed by atoms with E-state index in [0.29, 0.717) is 51.1 Å². The molecule has 0 amide bonds. The number of aromatic nitrogens is 2. The molecule has 0 saturated heterocycles. The van der Waals surface area contributed by atoms with E-state index in [4.69, 9.17) is 28.6 Å². The fourth-order valence-electron chi connectivity index (χ4n) is 5.73. The lowest BCUT2D eigenvalue weighted by atomic mass is 10.1. The van der Waals surface area contributed by atoms with E-state index in [1.165, 1.54) is 22.7 Å². The predicted octanol–water partition coefficient (Wildman–Crippen LogP) is 9.80. The third kappa shape index (κ3) is 12.3. The number of halogens is 3. The van der Waals surface area contributed by atoms with Gasteiger partial charge in [-0.1, -0.05) is 24.3 Å². The second-order valence-corrected chi connectivity index (χ2v) is 16.6. The van der Waals surface area contributed by atoms with Crippen molar-refractivity contribution >= 4 is 94.3 Å². The van der Waals surface area contributed by atoms with Crippen molar-refractivity contribution in [2.45, 2.75) is 45.4 Å². The Balaban J connectivity index is 0.000000184. The quantitative estimate of drug-likeness (QED) is 0.0744. The summed E-state index contributed by atoms with van der Waals surface area (Å²) < 4.78 is 50.1. The van der Waals surface area contributed by atoms with Crippen LogP contribution >= 0.6 is 22.7 Å². The molecular formula is C44H37F3N4O10S2. The van der Waals surface area contributed by atoms with E-state index in [1.807, 2.05) is 99.6 Å². The summed E-state index contributed by atoms with van der Waals surface area (Å²) in [6.45, 7) is 6.24. The number of hydrogen-bond donors (Lipinski definition) is 4. The van der Waals surface area contributed by atoms with Gasteiger partial charge in [-0.15, -0.1) is 22.7 Å². The van der Waals surface area contributed by atoms with Crippen molar-refractivity contribution in [3.05, 3.63) is 118 Å². The van der Waals surface area contributed by atoms with Crippen LogP contribution in [0.25, 0.3) is 63.5 Å². The molecule has 8 rings (SSSR count). The molecule has 4 aromatic carbocycles. The normalized spacial score (nSPS) is 11.4. The van der Waals surface area contributed by atoms with Crippen LogP contribution in [0.2, 0.25) is 0 Å². The van der Waals surface area contributed by atoms with Crippen molar-refractivity contribution in [3.8, 4) is 21.1 Å². The lowest BCUT2D eigenvalue weighted by Crippen LogP contribution is -2.25. The molecule has 0 aliphatic rings. The zero-order valence-corrected chi connectivity index (χ0v) is 35.2. The number of thiazole rings is 2. The maximum atomic E-state index is 12.6. The monoisotopic (exact) mass is 902 g/mol. The summed E-state index contributed by atoms with van der Waals surface area (Å²) in [6, 6.07) is 30.0. The minimum absolute atomic E-state index is 0.0124. The highest BCUT2D eigenvalue weighted by Crippen LogP contribution is 2.32. The van der Waals surface area contributed by atoms with Crippen LogP contribution in [-0.2, 0) is 19.1 Å². The molecule has 0 spiro atoms. The van der Waals surface area contributed by atoms with E-state index in [1.54, 1.807) is 18.2 Å². The molecule has 0 bridgehead atoms. The number of nitrogens with one attached hydrogen (secondary N) is 2. The number of hydrogen-bond acceptors (Lipinski definition) is 14. The molecule has 0 atom stereocenters. The summed E-state index contributed by atoms with van der Waals surface area (Å²) >= 11 is 2.92. The molecule has 0 fully saturated rings. The number of ether oxygens (including phenoxy) is 1. The Bertz CT molecular complexity index is 3010. The van der Waals surface area contributed by atoms with Crippen molar-refractivity contribution in [2.24, 2.45) is 0 Å². The van der Waals surface area contributed by atoms with Crippen LogP contribution in [0.4, 0.5) is 24.5 Å². The van der Waals surface area contributed by atoms with E-state index in [9.17, 15) is 32.3 Å². The highest BCUT2D eigenvalue weighted by Gasteiger charge is 2.38. The summed E-state index contributed by atoms with van der Waals surface area (Å²) in [7, 11) is 0. The van der Waals surface area contributed by atoms with Gasteiger partial charge < -0.3 is 34.4 Å². The minimum atomic E-state index is -5.08. The van der Waals surface area contributed by atoms with E-state index in [2.05, 4.69) is 20.6 Å². The summed E-state index contributed by atoms with van der Waals surface area (Å²) in [5.41, 5.74) is 3.63. The number of nitrogens with zero attached hydrogens (tertiary/aromatic N) is 2. The molecule has 8 aromatic rings. The number of carboxylic acid groups (broad SMARTS) is 2. The molecule has 0 radical (unpaired) electrons. The zero-order chi connectivity index (χ0) is 45.5. The van der Waals surface area contributed by atoms with Crippen molar-refractivity contribution in [2.75, 3.05) is 23.7 Å². The van der Waals surface area contributed by atoms with Crippen LogP contribution in [-0.4, -0.2) is 63.0 Å². The summed E-state index contributed by atoms with van der Waals surface area (Å²) in [4.78, 5) is 65.4. The standard InChI is InChI=1S/C23H22N2O4S.C19H14N2O4S.C2HF3O2/c1-23(2,3)29-20(26)10-11-24-15-9-8-14-12-16(22(27)28-18(14)13-15)21-25-17-6-4-5-7-19(17)30-21;22-17(23)7-8-20-12-6-5-11-9-13(19(24)25-15(11)10-12)18-21-14-3-1-2-4-16(14)26-18;3-2(4,5)1(6)7/h4-9,12-13,24H,10-11H2,1-3H3;1-6,9-10,20H,7-8H2,(H,22,23);(H,6,7). The SMILES string of the molecule is CC(C)(C)OC(=O)CCNc1ccc2cc(-c3nc4ccccc4s3)c(=O)oc2c1.O=C(O)C(F)(F)F.O=C(O)CCNc1ccc2cc(-c3nc4ccccc4s3)c(=O)oc2c1. The number of carbonyl (C=O) groups excluding carboxylic acids is 1. The number of rotatable bonds is 10. The molecule has 0 unspecified atom stereocenters. The van der Waals surface area contributed by atoms with Gasteiger partial charge in [0.05, 0.1) is 44.4 Å². The number of alkyl halides is 3. The first-order valence-electron chi connectivity index (χ1n) is 18.9. The van der Waals surface area contributed by atoms with Crippen LogP contribution < -0.4 is 21.9 Å². The van der Waals surface area contributed by atoms with Gasteiger partial charge in [-0.3, -0.25) is 9.59 Å². The van der Waals surface area contributed by atoms with Crippen LogP contribution in [0.3, 0.4) is 0 Å². The zero-order valence-electron chi connectivity index (χ0n) is 33.6. The molecule has 63 heavy (non-hydrogen) atoms. The van der Waals surface area contributed by atoms with Gasteiger partial charge in [0, 0.05) is 47.4 Å². The lowest BCUT2D eigenvalue weighted by molar-refractivity contribution is -0.192. The third-order valence-electron chi connectivity index (χ3n) is 8.51. The fourth-order valence-corrected chi connectivity index (χ4v) is 7.67. The molecule has 4 heterocycles. The van der Waals surface area contributed by atoms with Crippen LogP contribution in [0.5, 0.6) is 0 Å². The second-order valence-electron chi connectivity index (χ2n) is 14.5. The van der Waals surface area contributed by atoms with Crippen LogP contribution in [0.1, 0.15) is 33.6 Å². The predicted molar refractivity (Wildman–Crippen MR) is 236 cm³/mol. The highest BCUT2D eigenvalue weighted by atomic mass is 32.1. The van der Waals surface area contributed by atoms with Gasteiger partial charge >= 0.3 is 35.3 Å². The molecule has 0 saturated carbocycles. The molecule has 4 N–H and O–H groups in total. The van der Waals surface area contributed by atoms with Crippen LogP contribution in [0.15, 0.2) is 115 Å². The first kappa shape index (κ1) is 45.4. The maximum absolute atomic E-state index is 12.6. The Morgan fingerprint density at radius 1 is 0.667 bits per heavy atom. The average Bonchev–Trinajstić information content (AvgIpc) is 3.84. The van der Waals surface area contributed by atoms with E-state index in [0.717, 1.165) is 36.9 Å². The first-order valence-corrected chi connectivity index (χ1v) is 20.6. The summed E-state index contributed by atoms with van der Waals surface area (Å²) in [5.74, 6) is -3.89. The Morgan fingerprint density at radius 3 is 1.49 bits per heavy atom. The largest absolute Gasteiger partial charge is 0.490 e. The summed E-state index contributed by atoms with van der Waals surface area (Å²) in [6.07, 6.45) is -4.83. The molecule has 19 heteroatoms. The lowest BCUT2D eigenvalue weighted by Gasteiger charge is -2.19. The van der Waals surface area contributed by atoms with E-state index >= 15 is 0 Å². The highest BCUT2D eigenvalue weighted by molar-refractivity contribution is 7.22. The van der Waals surface area contributed by atoms with E-state index in [-0.39, 0.29) is 18.8 Å². The van der Waals surface area contributed by atoms with Gasteiger partial charge in [0.25, 0.3) is 0 Å². The first-order chi connectivity index (χ1) is 29.8. The number of anilines is 2. The number of para-hydroxylation sites is 2. The molecule has 0 aliphatic carbocycles. The molecule has 326 valence electrons. The number of benzene rings is 4. The molecule has 14 nitrogen and oxygen atoms in total. The van der Waals surface area contributed by atoms with Crippen molar-refractivity contribution < 1.29 is 51.3 Å². The smallest absolute Gasteiger partial charge is 0.481 e. The third-order valence-corrected chi connectivity index (χ3v) is 10.6. The van der Waals surface area contributed by atoms with Gasteiger partial charge in [-0.2, -0.15) is 13.2 Å². The van der Waals surface area contributed by atoms with E-state index < -0.39 is 35.0 Å². The Morgan fingerprint density at radius 2 is 1.10 bits per heavy atom. The average molecular weight is 903 g/mol. The number of fused-ring (bicyclic) bond motifs is 4. The van der Waals surface area contributed by atoms with Crippen LogP contribution in [0, 0.1) is 0 Å². The number of carboxylic acids is 2. The number of carbonyl (C=O) groups is 3. The number of esters is 1. The van der Waals surface area contributed by atoms with Gasteiger partial charge in [0.15, 0.2) is 0 Å². The molecular weight excluding hydrogens is 866 g/mol. The van der Waals surface area contributed by atoms with Crippen molar-refractivity contribution in [1.82, 2.24) is 9.97 Å². The second kappa shape index (κ2) is 19.3. The van der Waals surface area contributed by atoms with Gasteiger partial charge in [0.2, 0.25) is 0 Å². The fraction of sp³-hybridized carbons (Fsp3) is 0.205. The Labute approximate surface area is 362 Å². The van der Waals surface area contributed by atoms with Gasteiger partial charge in [-0.05, 0) is 81.4 Å². The Kier molecular flexibility index (Phi) is 13.9. The Hall–Kier alpha value is -7.12. The maximum Gasteiger partial charge on any atom is 0.490 e. The van der Waals surface area contributed by atoms with Gasteiger partial charge in [0.1, 0.15) is 26.8 Å². The van der Waals surface area contributed by atoms with Gasteiger partial charge in [-0.25, -0.2) is 24.4 Å². The topological polar surface area (TPSA) is 211 Å². The van der Waals surface area contributed by atoms with Crippen molar-refractivity contribution in [1.29, 1.82) is 0 Å². The summed E-state index contributed by atoms with van der Waals surface area (Å²) in [5, 5.41) is 24.8. The molecule has 4 aromatic heterocycles. The minimum Gasteiger partial charge on any atom is -0.481 e. The number of aliphatic carboxylic acids is 2. The molecule has 0 aliphatic heterocycles. The van der Waals surface area contributed by atoms with Crippen molar-refractivity contribution in [3.63, 3.8) is 0 Å².